The minimum absolute atomic E-state index is 0.00379. The van der Waals surface area contributed by atoms with Gasteiger partial charge in [0.2, 0.25) is 0 Å². The average molecular weight is 461 g/mol. The lowest BCUT2D eigenvalue weighted by molar-refractivity contribution is -0.159. The number of carbonyl (C=O) groups excluding carboxylic acids is 1. The molecule has 1 amide bonds. The monoisotopic (exact) mass is 461 g/mol. The fourth-order valence-corrected chi connectivity index (χ4v) is 3.02. The van der Waals surface area contributed by atoms with Crippen molar-refractivity contribution in [1.82, 2.24) is 9.55 Å². The zero-order chi connectivity index (χ0) is 23.6. The Balaban J connectivity index is 1.69. The molecule has 32 heavy (non-hydrogen) atoms. The normalized spacial score (nSPS) is 17.4. The summed E-state index contributed by atoms with van der Waals surface area (Å²) in [5.74, 6) is -1.02. The summed E-state index contributed by atoms with van der Waals surface area (Å²) < 4.78 is 62.3. The van der Waals surface area contributed by atoms with Crippen LogP contribution in [0.3, 0.4) is 0 Å². The van der Waals surface area contributed by atoms with E-state index in [9.17, 15) is 32.3 Å². The number of aromatic nitrogens is 2. The molecule has 3 rings (SSSR count). The maximum absolute atomic E-state index is 13.3. The van der Waals surface area contributed by atoms with E-state index in [-0.39, 0.29) is 22.7 Å². The molecule has 0 fully saturated rings. The number of carbonyl (C=O) groups is 1. The summed E-state index contributed by atoms with van der Waals surface area (Å²) in [6.07, 6.45) is -11.0. The highest BCUT2D eigenvalue weighted by Gasteiger charge is 2.40. The summed E-state index contributed by atoms with van der Waals surface area (Å²) in [7, 11) is 0. The van der Waals surface area contributed by atoms with Gasteiger partial charge in [0.1, 0.15) is 30.0 Å². The molecular weight excluding hydrogens is 442 g/mol. The van der Waals surface area contributed by atoms with Gasteiger partial charge in [-0.2, -0.15) is 13.8 Å². The Bertz CT molecular complexity index is 1050. The van der Waals surface area contributed by atoms with E-state index in [1.54, 1.807) is 0 Å². The molecule has 3 unspecified atom stereocenters. The number of nitrogens with zero attached hydrogens (tertiary/aromatic N) is 2. The van der Waals surface area contributed by atoms with Crippen molar-refractivity contribution < 1.29 is 42.0 Å². The quantitative estimate of drug-likeness (QED) is 0.510. The van der Waals surface area contributed by atoms with Gasteiger partial charge in [0.15, 0.2) is 0 Å². The SMILES string of the molecule is CC(OC(CO)C(O)C(F)F)n1ccc(NC(=O)c2ccc3c(c2)OC(F)(F)C3)nc1=O. The molecule has 9 nitrogen and oxygen atoms in total. The van der Waals surface area contributed by atoms with E-state index in [1.165, 1.54) is 25.1 Å². The second-order valence-corrected chi connectivity index (χ2v) is 6.98. The van der Waals surface area contributed by atoms with Gasteiger partial charge in [0.25, 0.3) is 12.3 Å². The second-order valence-electron chi connectivity index (χ2n) is 6.98. The standard InChI is InChI=1S/C19H19F4N3O6/c1-9(31-13(8-27)15(28)16(20)21)26-5-4-14(25-18(26)30)24-17(29)10-2-3-11-7-19(22,23)32-12(11)6-10/h2-6,9,13,15-16,27-28H,7-8H2,1H3,(H,24,25,29,30). The Kier molecular flexibility index (Phi) is 6.81. The van der Waals surface area contributed by atoms with Crippen LogP contribution in [0.25, 0.3) is 0 Å². The Morgan fingerprint density at radius 1 is 1.38 bits per heavy atom. The molecule has 0 aliphatic carbocycles. The third kappa shape index (κ3) is 5.23. The van der Waals surface area contributed by atoms with Crippen LogP contribution in [0.4, 0.5) is 23.4 Å². The number of aliphatic hydroxyl groups is 2. The largest absolute Gasteiger partial charge is 0.432 e. The molecule has 0 spiro atoms. The molecule has 174 valence electrons. The number of aliphatic hydroxyl groups excluding tert-OH is 2. The van der Waals surface area contributed by atoms with Crippen molar-refractivity contribution in [1.29, 1.82) is 0 Å². The Labute approximate surface area is 178 Å². The van der Waals surface area contributed by atoms with Crippen LogP contribution in [0.2, 0.25) is 0 Å². The lowest BCUT2D eigenvalue weighted by Crippen LogP contribution is -2.40. The molecule has 0 bridgehead atoms. The number of alkyl halides is 4. The number of hydrogen-bond donors (Lipinski definition) is 3. The van der Waals surface area contributed by atoms with Crippen LogP contribution in [0.5, 0.6) is 5.75 Å². The van der Waals surface area contributed by atoms with E-state index in [0.717, 1.165) is 16.8 Å². The number of rotatable bonds is 8. The highest BCUT2D eigenvalue weighted by Crippen LogP contribution is 2.37. The Morgan fingerprint density at radius 3 is 2.72 bits per heavy atom. The molecule has 13 heteroatoms. The Hall–Kier alpha value is -3.03. The lowest BCUT2D eigenvalue weighted by atomic mass is 10.1. The van der Waals surface area contributed by atoms with Gasteiger partial charge in [-0.15, -0.1) is 0 Å². The lowest BCUT2D eigenvalue weighted by Gasteiger charge is -2.25. The molecule has 3 atom stereocenters. The number of anilines is 1. The van der Waals surface area contributed by atoms with Crippen molar-refractivity contribution in [2.45, 2.75) is 44.3 Å². The third-order valence-electron chi connectivity index (χ3n) is 4.64. The smallest absolute Gasteiger partial charge is 0.402 e. The maximum Gasteiger partial charge on any atom is 0.402 e. The van der Waals surface area contributed by atoms with Crippen molar-refractivity contribution in [2.24, 2.45) is 0 Å². The first-order chi connectivity index (χ1) is 15.0. The molecule has 3 N–H and O–H groups in total. The van der Waals surface area contributed by atoms with E-state index in [2.05, 4.69) is 15.0 Å². The van der Waals surface area contributed by atoms with Crippen LogP contribution in [0, 0.1) is 0 Å². The molecule has 1 aromatic heterocycles. The predicted octanol–water partition coefficient (Wildman–Crippen LogP) is 1.55. The predicted molar refractivity (Wildman–Crippen MR) is 101 cm³/mol. The number of halogens is 4. The Morgan fingerprint density at radius 2 is 2.09 bits per heavy atom. The fourth-order valence-electron chi connectivity index (χ4n) is 3.02. The molecule has 1 aliphatic rings. The van der Waals surface area contributed by atoms with Crippen molar-refractivity contribution in [3.8, 4) is 5.75 Å². The number of hydrogen-bond acceptors (Lipinski definition) is 7. The van der Waals surface area contributed by atoms with Gasteiger partial charge in [-0.3, -0.25) is 9.36 Å². The molecule has 0 saturated carbocycles. The zero-order valence-electron chi connectivity index (χ0n) is 16.5. The first kappa shape index (κ1) is 23.6. The van der Waals surface area contributed by atoms with E-state index in [0.29, 0.717) is 0 Å². The van der Waals surface area contributed by atoms with E-state index < -0.39 is 55.6 Å². The van der Waals surface area contributed by atoms with Crippen molar-refractivity contribution >= 4 is 11.7 Å². The van der Waals surface area contributed by atoms with Crippen LogP contribution in [0.15, 0.2) is 35.3 Å². The summed E-state index contributed by atoms with van der Waals surface area (Å²) in [6.45, 7) is 0.394. The van der Waals surface area contributed by atoms with Gasteiger partial charge in [-0.05, 0) is 25.1 Å². The van der Waals surface area contributed by atoms with Crippen molar-refractivity contribution in [2.75, 3.05) is 11.9 Å². The molecule has 1 aromatic carbocycles. The maximum atomic E-state index is 13.3. The third-order valence-corrected chi connectivity index (χ3v) is 4.64. The highest BCUT2D eigenvalue weighted by molar-refractivity contribution is 6.04. The van der Waals surface area contributed by atoms with Gasteiger partial charge >= 0.3 is 11.8 Å². The van der Waals surface area contributed by atoms with Crippen LogP contribution in [0.1, 0.15) is 29.1 Å². The van der Waals surface area contributed by atoms with Crippen LogP contribution < -0.4 is 15.7 Å². The van der Waals surface area contributed by atoms with E-state index in [4.69, 9.17) is 9.84 Å². The molecule has 2 aromatic rings. The van der Waals surface area contributed by atoms with Gasteiger partial charge in [0.05, 0.1) is 13.0 Å². The molecule has 2 heterocycles. The fraction of sp³-hybridized carbons (Fsp3) is 0.421. The number of fused-ring (bicyclic) bond motifs is 1. The van der Waals surface area contributed by atoms with Gasteiger partial charge in [-0.1, -0.05) is 6.07 Å². The topological polar surface area (TPSA) is 123 Å². The van der Waals surface area contributed by atoms with E-state index >= 15 is 0 Å². The molecule has 1 aliphatic heterocycles. The van der Waals surface area contributed by atoms with Gasteiger partial charge < -0.3 is 25.0 Å². The van der Waals surface area contributed by atoms with Crippen LogP contribution in [-0.2, 0) is 11.2 Å². The summed E-state index contributed by atoms with van der Waals surface area (Å²) in [6, 6.07) is 5.02. The summed E-state index contributed by atoms with van der Waals surface area (Å²) in [5, 5.41) is 20.8. The average Bonchev–Trinajstić information content (AvgIpc) is 3.04. The van der Waals surface area contributed by atoms with Crippen molar-refractivity contribution in [3.63, 3.8) is 0 Å². The molecule has 0 radical (unpaired) electrons. The number of benzene rings is 1. The second kappa shape index (κ2) is 9.22. The zero-order valence-corrected chi connectivity index (χ0v) is 16.5. The first-order valence-electron chi connectivity index (χ1n) is 9.33. The first-order valence-corrected chi connectivity index (χ1v) is 9.33. The van der Waals surface area contributed by atoms with Crippen molar-refractivity contribution in [3.05, 3.63) is 52.1 Å². The minimum Gasteiger partial charge on any atom is -0.432 e. The summed E-state index contributed by atoms with van der Waals surface area (Å²) in [5.41, 5.74) is -0.675. The highest BCUT2D eigenvalue weighted by atomic mass is 19.3. The number of ether oxygens (including phenoxy) is 2. The summed E-state index contributed by atoms with van der Waals surface area (Å²) in [4.78, 5) is 28.3. The molecular formula is C19H19F4N3O6. The van der Waals surface area contributed by atoms with Crippen LogP contribution >= 0.6 is 0 Å². The van der Waals surface area contributed by atoms with Crippen LogP contribution in [-0.4, -0.2) is 57.0 Å². The number of nitrogens with one attached hydrogen (secondary N) is 1. The van der Waals surface area contributed by atoms with Gasteiger partial charge in [0, 0.05) is 17.3 Å². The number of amides is 1. The molecule has 0 saturated heterocycles. The minimum atomic E-state index is -3.34. The summed E-state index contributed by atoms with van der Waals surface area (Å²) >= 11 is 0. The van der Waals surface area contributed by atoms with Gasteiger partial charge in [-0.25, -0.2) is 13.6 Å². The van der Waals surface area contributed by atoms with E-state index in [1.807, 2.05) is 0 Å².